The van der Waals surface area contributed by atoms with Gasteiger partial charge in [0.05, 0.1) is 18.3 Å². The molecule has 7 nitrogen and oxygen atoms in total. The number of Topliss-reactive ketones (excluding diaryl/α,β-unsaturated/α-hetero) is 2. The standard InChI is InChI=1S/C11H23N3O4S/c1-3-8(13)10(15)11(16)9(6-4-5-7-12)14-19(2,17)18/h8-9,14H,3-7,12-13H2,1-2H3/t8?,9-/m1/s1. The Morgan fingerprint density at radius 2 is 1.79 bits per heavy atom. The lowest BCUT2D eigenvalue weighted by molar-refractivity contribution is -0.138. The van der Waals surface area contributed by atoms with Crippen LogP contribution in [0.2, 0.25) is 0 Å². The Morgan fingerprint density at radius 1 is 1.21 bits per heavy atom. The predicted molar refractivity (Wildman–Crippen MR) is 73.0 cm³/mol. The number of carbonyl (C=O) groups is 2. The number of hydrogen-bond donors (Lipinski definition) is 3. The van der Waals surface area contributed by atoms with Crippen molar-refractivity contribution in [3.63, 3.8) is 0 Å². The van der Waals surface area contributed by atoms with Gasteiger partial charge in [-0.2, -0.15) is 0 Å². The number of sulfonamides is 1. The fraction of sp³-hybridized carbons (Fsp3) is 0.818. The Hall–Kier alpha value is -0.830. The summed E-state index contributed by atoms with van der Waals surface area (Å²) >= 11 is 0. The number of hydrogen-bond acceptors (Lipinski definition) is 6. The minimum atomic E-state index is -3.57. The summed E-state index contributed by atoms with van der Waals surface area (Å²) in [5.41, 5.74) is 10.8. The molecule has 0 amide bonds. The maximum atomic E-state index is 11.9. The molecule has 19 heavy (non-hydrogen) atoms. The molecule has 0 aromatic rings. The van der Waals surface area contributed by atoms with Crippen molar-refractivity contribution >= 4 is 21.6 Å². The molecule has 0 fully saturated rings. The van der Waals surface area contributed by atoms with Crippen molar-refractivity contribution in [2.24, 2.45) is 11.5 Å². The van der Waals surface area contributed by atoms with Gasteiger partial charge < -0.3 is 11.5 Å². The molecule has 0 aromatic carbocycles. The summed E-state index contributed by atoms with van der Waals surface area (Å²) in [7, 11) is -3.57. The third-order valence-electron chi connectivity index (χ3n) is 2.64. The van der Waals surface area contributed by atoms with E-state index in [2.05, 4.69) is 4.72 Å². The monoisotopic (exact) mass is 293 g/mol. The topological polar surface area (TPSA) is 132 Å². The summed E-state index contributed by atoms with van der Waals surface area (Å²) in [5, 5.41) is 0. The second kappa shape index (κ2) is 8.36. The second-order valence-electron chi connectivity index (χ2n) is 4.47. The van der Waals surface area contributed by atoms with E-state index in [4.69, 9.17) is 11.5 Å². The normalized spacial score (nSPS) is 14.9. The SMILES string of the molecule is CCC(N)C(=O)C(=O)[C@@H](CCCCN)NS(C)(=O)=O. The van der Waals surface area contributed by atoms with Gasteiger partial charge in [0.25, 0.3) is 0 Å². The molecule has 112 valence electrons. The Kier molecular flexibility index (Phi) is 8.00. The smallest absolute Gasteiger partial charge is 0.217 e. The van der Waals surface area contributed by atoms with Gasteiger partial charge in [0, 0.05) is 0 Å². The molecular weight excluding hydrogens is 270 g/mol. The van der Waals surface area contributed by atoms with E-state index in [1.54, 1.807) is 6.92 Å². The summed E-state index contributed by atoms with van der Waals surface area (Å²) in [6.07, 6.45) is 2.73. The van der Waals surface area contributed by atoms with Crippen LogP contribution >= 0.6 is 0 Å². The molecule has 2 atom stereocenters. The number of carbonyl (C=O) groups excluding carboxylic acids is 2. The lowest BCUT2D eigenvalue weighted by Crippen LogP contribution is -2.48. The van der Waals surface area contributed by atoms with Gasteiger partial charge in [0.15, 0.2) is 0 Å². The molecule has 5 N–H and O–H groups in total. The zero-order valence-corrected chi connectivity index (χ0v) is 12.2. The molecule has 0 spiro atoms. The molecule has 0 bridgehead atoms. The lowest BCUT2D eigenvalue weighted by Gasteiger charge is -2.17. The van der Waals surface area contributed by atoms with Gasteiger partial charge in [-0.3, -0.25) is 9.59 Å². The summed E-state index contributed by atoms with van der Waals surface area (Å²) in [6.45, 7) is 2.13. The first-order chi connectivity index (χ1) is 8.72. The van der Waals surface area contributed by atoms with Crippen LogP contribution in [0.15, 0.2) is 0 Å². The quantitative estimate of drug-likeness (QED) is 0.346. The van der Waals surface area contributed by atoms with Gasteiger partial charge in [0.2, 0.25) is 21.6 Å². The highest BCUT2D eigenvalue weighted by Crippen LogP contribution is 2.05. The fourth-order valence-electron chi connectivity index (χ4n) is 1.53. The Labute approximate surface area is 114 Å². The molecule has 0 rings (SSSR count). The Balaban J connectivity index is 4.81. The molecule has 0 radical (unpaired) electrons. The van der Waals surface area contributed by atoms with Crippen LogP contribution < -0.4 is 16.2 Å². The highest BCUT2D eigenvalue weighted by Gasteiger charge is 2.29. The van der Waals surface area contributed by atoms with Gasteiger partial charge in [-0.25, -0.2) is 13.1 Å². The van der Waals surface area contributed by atoms with Crippen LogP contribution in [0, 0.1) is 0 Å². The number of unbranched alkanes of at least 4 members (excludes halogenated alkanes) is 1. The Morgan fingerprint density at radius 3 is 2.21 bits per heavy atom. The Bertz CT molecular complexity index is 408. The molecule has 0 aromatic heterocycles. The predicted octanol–water partition coefficient (Wildman–Crippen LogP) is -1.09. The van der Waals surface area contributed by atoms with Crippen LogP contribution in [0.5, 0.6) is 0 Å². The summed E-state index contributed by atoms with van der Waals surface area (Å²) in [4.78, 5) is 23.6. The highest BCUT2D eigenvalue weighted by atomic mass is 32.2. The minimum absolute atomic E-state index is 0.241. The van der Waals surface area contributed by atoms with Gasteiger partial charge in [-0.15, -0.1) is 0 Å². The lowest BCUT2D eigenvalue weighted by atomic mass is 9.98. The van der Waals surface area contributed by atoms with Gasteiger partial charge in [-0.1, -0.05) is 13.3 Å². The van der Waals surface area contributed by atoms with Crippen molar-refractivity contribution < 1.29 is 18.0 Å². The summed E-state index contributed by atoms with van der Waals surface area (Å²) in [5.74, 6) is -1.52. The van der Waals surface area contributed by atoms with Crippen molar-refractivity contribution in [3.05, 3.63) is 0 Å². The third kappa shape index (κ3) is 7.36. The summed E-state index contributed by atoms with van der Waals surface area (Å²) < 4.78 is 24.6. The minimum Gasteiger partial charge on any atom is -0.330 e. The van der Waals surface area contributed by atoms with Crippen molar-refractivity contribution in [2.75, 3.05) is 12.8 Å². The first-order valence-corrected chi connectivity index (χ1v) is 8.13. The largest absolute Gasteiger partial charge is 0.330 e. The molecule has 0 saturated carbocycles. The second-order valence-corrected chi connectivity index (χ2v) is 6.25. The van der Waals surface area contributed by atoms with Crippen LogP contribution in [-0.4, -0.2) is 44.9 Å². The van der Waals surface area contributed by atoms with Gasteiger partial charge >= 0.3 is 0 Å². The zero-order chi connectivity index (χ0) is 15.1. The van der Waals surface area contributed by atoms with E-state index in [0.29, 0.717) is 25.8 Å². The van der Waals surface area contributed by atoms with E-state index < -0.39 is 33.7 Å². The van der Waals surface area contributed by atoms with E-state index in [9.17, 15) is 18.0 Å². The third-order valence-corrected chi connectivity index (χ3v) is 3.35. The maximum Gasteiger partial charge on any atom is 0.217 e. The van der Waals surface area contributed by atoms with Crippen molar-refractivity contribution in [2.45, 2.75) is 44.7 Å². The first-order valence-electron chi connectivity index (χ1n) is 6.24. The molecule has 0 heterocycles. The van der Waals surface area contributed by atoms with Crippen molar-refractivity contribution in [1.82, 2.24) is 4.72 Å². The van der Waals surface area contributed by atoms with Crippen molar-refractivity contribution in [1.29, 1.82) is 0 Å². The van der Waals surface area contributed by atoms with E-state index >= 15 is 0 Å². The van der Waals surface area contributed by atoms with Gasteiger partial charge in [-0.05, 0) is 25.8 Å². The van der Waals surface area contributed by atoms with Crippen LogP contribution in [-0.2, 0) is 19.6 Å². The van der Waals surface area contributed by atoms with Crippen LogP contribution in [0.3, 0.4) is 0 Å². The summed E-state index contributed by atoms with van der Waals surface area (Å²) in [6, 6.07) is -1.93. The van der Waals surface area contributed by atoms with E-state index in [1.165, 1.54) is 0 Å². The van der Waals surface area contributed by atoms with Crippen LogP contribution in [0.1, 0.15) is 32.6 Å². The molecule has 0 aliphatic heterocycles. The van der Waals surface area contributed by atoms with E-state index in [-0.39, 0.29) is 6.42 Å². The number of nitrogens with one attached hydrogen (secondary N) is 1. The number of ketones is 2. The highest BCUT2D eigenvalue weighted by molar-refractivity contribution is 7.88. The van der Waals surface area contributed by atoms with Crippen molar-refractivity contribution in [3.8, 4) is 0 Å². The van der Waals surface area contributed by atoms with E-state index in [1.807, 2.05) is 0 Å². The molecule has 0 aliphatic rings. The van der Waals surface area contributed by atoms with E-state index in [0.717, 1.165) is 6.26 Å². The number of nitrogens with two attached hydrogens (primary N) is 2. The zero-order valence-electron chi connectivity index (χ0n) is 11.4. The average molecular weight is 293 g/mol. The fourth-order valence-corrected chi connectivity index (χ4v) is 2.28. The molecule has 8 heteroatoms. The van der Waals surface area contributed by atoms with Gasteiger partial charge in [0.1, 0.15) is 0 Å². The average Bonchev–Trinajstić information content (AvgIpc) is 2.33. The molecular formula is C11H23N3O4S. The molecule has 1 unspecified atom stereocenters. The number of rotatable bonds is 10. The maximum absolute atomic E-state index is 11.9. The van der Waals surface area contributed by atoms with Crippen LogP contribution in [0.4, 0.5) is 0 Å². The van der Waals surface area contributed by atoms with Crippen LogP contribution in [0.25, 0.3) is 0 Å². The first kappa shape index (κ1) is 18.2. The molecule has 0 saturated heterocycles. The molecule has 0 aliphatic carbocycles.